The van der Waals surface area contributed by atoms with Gasteiger partial charge >= 0.3 is 0 Å². The first kappa shape index (κ1) is 27.1. The quantitative estimate of drug-likeness (QED) is 0.200. The van der Waals surface area contributed by atoms with Crippen molar-refractivity contribution in [2.75, 3.05) is 0 Å². The fourth-order valence-electron chi connectivity index (χ4n) is 5.92. The maximum absolute atomic E-state index is 9.63. The fraction of sp³-hybridized carbons (Fsp3) is 0. The molecule has 0 aliphatic carbocycles. The van der Waals surface area contributed by atoms with Gasteiger partial charge in [0.1, 0.15) is 0 Å². The predicted octanol–water partition coefficient (Wildman–Crippen LogP) is 9.78. The summed E-state index contributed by atoms with van der Waals surface area (Å²) in [5.74, 6) is 0.648. The molecule has 214 valence electrons. The van der Waals surface area contributed by atoms with Crippen molar-refractivity contribution in [3.05, 3.63) is 157 Å². The molecule has 8 aromatic rings. The van der Waals surface area contributed by atoms with Gasteiger partial charge in [0.05, 0.1) is 45.4 Å². The largest absolute Gasteiger partial charge is 0.244 e. The first-order chi connectivity index (χ1) is 22.7. The Labute approximate surface area is 266 Å². The number of rotatable bonds is 5. The molecule has 0 saturated carbocycles. The Hall–Kier alpha value is -6.51. The maximum atomic E-state index is 9.63. The zero-order valence-corrected chi connectivity index (χ0v) is 24.7. The second kappa shape index (κ2) is 11.5. The molecule has 0 N–H and O–H groups in total. The van der Waals surface area contributed by atoms with E-state index in [4.69, 9.17) is 19.9 Å². The molecule has 0 atom stereocenters. The van der Waals surface area contributed by atoms with Gasteiger partial charge < -0.3 is 0 Å². The average Bonchev–Trinajstić information content (AvgIpc) is 3.14. The lowest BCUT2D eigenvalue weighted by atomic mass is 9.95. The summed E-state index contributed by atoms with van der Waals surface area (Å²) in [5, 5.41) is 11.7. The van der Waals surface area contributed by atoms with Crippen LogP contribution in [0.1, 0.15) is 5.56 Å². The van der Waals surface area contributed by atoms with Crippen molar-refractivity contribution in [3.63, 3.8) is 0 Å². The van der Waals surface area contributed by atoms with Gasteiger partial charge in [-0.25, -0.2) is 19.9 Å². The zero-order valence-electron chi connectivity index (χ0n) is 24.7. The van der Waals surface area contributed by atoms with Gasteiger partial charge in [-0.1, -0.05) is 121 Å². The first-order valence-electron chi connectivity index (χ1n) is 15.0. The molecule has 8 rings (SSSR count). The van der Waals surface area contributed by atoms with E-state index in [2.05, 4.69) is 60.7 Å². The highest BCUT2D eigenvalue weighted by Crippen LogP contribution is 2.38. The third-order valence-corrected chi connectivity index (χ3v) is 8.12. The number of hydrogen-bond donors (Lipinski definition) is 0. The lowest BCUT2D eigenvalue weighted by Gasteiger charge is -2.15. The van der Waals surface area contributed by atoms with Crippen LogP contribution in [0.25, 0.3) is 78.2 Å². The van der Waals surface area contributed by atoms with Gasteiger partial charge in [-0.2, -0.15) is 5.26 Å². The molecule has 0 radical (unpaired) electrons. The molecular formula is C41H25N5. The van der Waals surface area contributed by atoms with Crippen LogP contribution >= 0.6 is 0 Å². The molecule has 5 nitrogen and oxygen atoms in total. The van der Waals surface area contributed by atoms with Crippen LogP contribution in [-0.2, 0) is 0 Å². The summed E-state index contributed by atoms with van der Waals surface area (Å²) < 4.78 is 0. The smallest absolute Gasteiger partial charge is 0.161 e. The van der Waals surface area contributed by atoms with E-state index in [-0.39, 0.29) is 0 Å². The van der Waals surface area contributed by atoms with Gasteiger partial charge in [0.15, 0.2) is 5.82 Å². The Kier molecular flexibility index (Phi) is 6.79. The number of hydrogen-bond acceptors (Lipinski definition) is 5. The molecule has 0 bridgehead atoms. The van der Waals surface area contributed by atoms with Crippen molar-refractivity contribution in [2.24, 2.45) is 0 Å². The molecule has 0 saturated heterocycles. The third-order valence-electron chi connectivity index (χ3n) is 8.12. The molecule has 0 amide bonds. The number of benzene rings is 6. The van der Waals surface area contributed by atoms with Crippen LogP contribution < -0.4 is 0 Å². The number of nitriles is 1. The van der Waals surface area contributed by atoms with Crippen LogP contribution in [0.3, 0.4) is 0 Å². The van der Waals surface area contributed by atoms with Crippen molar-refractivity contribution < 1.29 is 0 Å². The molecule has 0 unspecified atom stereocenters. The Bertz CT molecular complexity index is 2370. The Morgan fingerprint density at radius 3 is 1.57 bits per heavy atom. The van der Waals surface area contributed by atoms with E-state index in [9.17, 15) is 5.26 Å². The van der Waals surface area contributed by atoms with Crippen LogP contribution in [-0.4, -0.2) is 19.9 Å². The summed E-state index contributed by atoms with van der Waals surface area (Å²) >= 11 is 0. The highest BCUT2D eigenvalue weighted by atomic mass is 14.9. The van der Waals surface area contributed by atoms with Crippen LogP contribution in [0.5, 0.6) is 0 Å². The molecule has 46 heavy (non-hydrogen) atoms. The van der Waals surface area contributed by atoms with Crippen LogP contribution in [0.2, 0.25) is 0 Å². The summed E-state index contributed by atoms with van der Waals surface area (Å²) in [6.45, 7) is 0. The van der Waals surface area contributed by atoms with Gasteiger partial charge in [0.25, 0.3) is 0 Å². The summed E-state index contributed by atoms with van der Waals surface area (Å²) in [6.07, 6.45) is 0. The number of nitrogens with zero attached hydrogens (tertiary/aromatic N) is 5. The highest BCUT2D eigenvalue weighted by Gasteiger charge is 2.18. The first-order valence-corrected chi connectivity index (χ1v) is 15.0. The molecule has 0 aliphatic heterocycles. The minimum atomic E-state index is 0.572. The van der Waals surface area contributed by atoms with Gasteiger partial charge in [-0.3, -0.25) is 0 Å². The third kappa shape index (κ3) is 4.94. The molecule has 2 aromatic heterocycles. The maximum Gasteiger partial charge on any atom is 0.161 e. The molecule has 0 spiro atoms. The lowest BCUT2D eigenvalue weighted by Crippen LogP contribution is -1.98. The second-order valence-corrected chi connectivity index (χ2v) is 11.0. The molecular weight excluding hydrogens is 562 g/mol. The fourth-order valence-corrected chi connectivity index (χ4v) is 5.92. The topological polar surface area (TPSA) is 75.3 Å². The molecule has 2 heterocycles. The normalized spacial score (nSPS) is 11.0. The molecule has 6 aromatic carbocycles. The summed E-state index contributed by atoms with van der Waals surface area (Å²) in [6, 6.07) is 52.6. The van der Waals surface area contributed by atoms with Crippen LogP contribution in [0.15, 0.2) is 152 Å². The zero-order chi connectivity index (χ0) is 30.9. The summed E-state index contributed by atoms with van der Waals surface area (Å²) in [5.41, 5.74) is 10.1. The Morgan fingerprint density at radius 2 is 0.935 bits per heavy atom. The summed E-state index contributed by atoms with van der Waals surface area (Å²) in [4.78, 5) is 20.5. The van der Waals surface area contributed by atoms with Crippen molar-refractivity contribution in [2.45, 2.75) is 0 Å². The minimum absolute atomic E-state index is 0.572. The predicted molar refractivity (Wildman–Crippen MR) is 185 cm³/mol. The van der Waals surface area contributed by atoms with Crippen molar-refractivity contribution in [1.29, 1.82) is 5.26 Å². The highest BCUT2D eigenvalue weighted by molar-refractivity contribution is 6.05. The van der Waals surface area contributed by atoms with Gasteiger partial charge in [0.2, 0.25) is 0 Å². The van der Waals surface area contributed by atoms with E-state index in [1.54, 1.807) is 6.07 Å². The van der Waals surface area contributed by atoms with Crippen LogP contribution in [0, 0.1) is 11.3 Å². The van der Waals surface area contributed by atoms with Crippen molar-refractivity contribution >= 4 is 21.8 Å². The molecule has 5 heteroatoms. The monoisotopic (exact) mass is 587 g/mol. The van der Waals surface area contributed by atoms with E-state index in [0.29, 0.717) is 11.4 Å². The SMILES string of the molecule is N#Cc1cccc(-c2nc3ccccc3nc2-c2cccc3c(-c4nc(-c5ccccc5)cc(-c5ccccc5)n4)cccc23)c1. The van der Waals surface area contributed by atoms with E-state index in [1.807, 2.05) is 91.0 Å². The van der Waals surface area contributed by atoms with Crippen molar-refractivity contribution in [3.8, 4) is 62.5 Å². The lowest BCUT2D eigenvalue weighted by molar-refractivity contribution is 1.19. The van der Waals surface area contributed by atoms with Gasteiger partial charge in [0, 0.05) is 27.8 Å². The Balaban J connectivity index is 1.37. The number of aromatic nitrogens is 4. The second-order valence-electron chi connectivity index (χ2n) is 11.0. The van der Waals surface area contributed by atoms with E-state index < -0.39 is 0 Å². The molecule has 0 aliphatic rings. The van der Waals surface area contributed by atoms with Gasteiger partial charge in [-0.15, -0.1) is 0 Å². The van der Waals surface area contributed by atoms with Crippen molar-refractivity contribution in [1.82, 2.24) is 19.9 Å². The molecule has 0 fully saturated rings. The minimum Gasteiger partial charge on any atom is -0.244 e. The number of fused-ring (bicyclic) bond motifs is 2. The van der Waals surface area contributed by atoms with Crippen LogP contribution in [0.4, 0.5) is 0 Å². The van der Waals surface area contributed by atoms with E-state index >= 15 is 0 Å². The standard InChI is InChI=1S/C41H25N5/c42-26-27-12-9-17-30(24-27)39-40(44-36-23-8-7-22-35(36)43-39)33-20-10-19-32-31(33)18-11-21-34(32)41-45-37(28-13-3-1-4-14-28)25-38(46-41)29-15-5-2-6-16-29/h1-25H. The Morgan fingerprint density at radius 1 is 0.413 bits per heavy atom. The number of para-hydroxylation sites is 2. The van der Waals surface area contributed by atoms with E-state index in [0.717, 1.165) is 72.4 Å². The summed E-state index contributed by atoms with van der Waals surface area (Å²) in [7, 11) is 0. The average molecular weight is 588 g/mol. The van der Waals surface area contributed by atoms with E-state index in [1.165, 1.54) is 0 Å². The van der Waals surface area contributed by atoms with Gasteiger partial charge in [-0.05, 0) is 41.1 Å².